The van der Waals surface area contributed by atoms with Crippen LogP contribution in [0.25, 0.3) is 11.1 Å². The molecular weight excluding hydrogens is 328 g/mol. The Morgan fingerprint density at radius 3 is 2.50 bits per heavy atom. The zero-order chi connectivity index (χ0) is 18.1. The van der Waals surface area contributed by atoms with Crippen LogP contribution >= 0.6 is 0 Å². The Morgan fingerprint density at radius 2 is 1.77 bits per heavy atom. The van der Waals surface area contributed by atoms with Crippen molar-refractivity contribution in [1.82, 2.24) is 5.16 Å². The zero-order valence-electron chi connectivity index (χ0n) is 15.2. The van der Waals surface area contributed by atoms with Gasteiger partial charge in [0.25, 0.3) is 0 Å². The van der Waals surface area contributed by atoms with Crippen LogP contribution in [0.15, 0.2) is 47.0 Å². The van der Waals surface area contributed by atoms with E-state index in [9.17, 15) is 0 Å². The maximum absolute atomic E-state index is 5.58. The number of aromatic nitrogens is 1. The molecule has 26 heavy (non-hydrogen) atoms. The van der Waals surface area contributed by atoms with Gasteiger partial charge in [-0.05, 0) is 60.9 Å². The van der Waals surface area contributed by atoms with Gasteiger partial charge in [0.15, 0.2) is 0 Å². The number of aryl methyl sites for hydroxylation is 2. The highest BCUT2D eigenvalue weighted by atomic mass is 16.5. The van der Waals surface area contributed by atoms with E-state index in [1.165, 1.54) is 5.56 Å². The lowest BCUT2D eigenvalue weighted by atomic mass is 9.95. The van der Waals surface area contributed by atoms with Crippen LogP contribution in [0.1, 0.15) is 29.5 Å². The largest absolute Gasteiger partial charge is 0.497 e. The SMILES string of the molecule is COc1ccc(NC2CCc3onc(C)c3-c3ccc(OC)cc32)cc1. The van der Waals surface area contributed by atoms with E-state index in [1.807, 2.05) is 37.3 Å². The number of benzene rings is 2. The van der Waals surface area contributed by atoms with Crippen LogP contribution in [-0.2, 0) is 6.42 Å². The zero-order valence-corrected chi connectivity index (χ0v) is 15.2. The summed E-state index contributed by atoms with van der Waals surface area (Å²) < 4.78 is 16.3. The van der Waals surface area contributed by atoms with Gasteiger partial charge < -0.3 is 19.3 Å². The topological polar surface area (TPSA) is 56.5 Å². The van der Waals surface area contributed by atoms with Crippen LogP contribution in [0.5, 0.6) is 11.5 Å². The van der Waals surface area contributed by atoms with Crippen molar-refractivity contribution in [3.05, 3.63) is 59.5 Å². The lowest BCUT2D eigenvalue weighted by Gasteiger charge is -2.21. The van der Waals surface area contributed by atoms with E-state index in [4.69, 9.17) is 14.0 Å². The smallest absolute Gasteiger partial charge is 0.144 e. The van der Waals surface area contributed by atoms with Gasteiger partial charge in [-0.1, -0.05) is 11.2 Å². The van der Waals surface area contributed by atoms with E-state index >= 15 is 0 Å². The van der Waals surface area contributed by atoms with E-state index in [-0.39, 0.29) is 6.04 Å². The van der Waals surface area contributed by atoms with Crippen molar-refractivity contribution in [2.75, 3.05) is 19.5 Å². The van der Waals surface area contributed by atoms with Crippen LogP contribution in [0.3, 0.4) is 0 Å². The number of ether oxygens (including phenoxy) is 2. The third-order valence-electron chi connectivity index (χ3n) is 4.93. The van der Waals surface area contributed by atoms with Crippen LogP contribution in [0, 0.1) is 6.92 Å². The molecule has 0 bridgehead atoms. The molecule has 2 aromatic carbocycles. The molecule has 0 amide bonds. The fraction of sp³-hybridized carbons (Fsp3) is 0.286. The number of methoxy groups -OCH3 is 2. The minimum Gasteiger partial charge on any atom is -0.497 e. The number of hydrogen-bond donors (Lipinski definition) is 1. The molecule has 5 heteroatoms. The third-order valence-corrected chi connectivity index (χ3v) is 4.93. The average molecular weight is 350 g/mol. The molecule has 1 heterocycles. The van der Waals surface area contributed by atoms with Gasteiger partial charge in [0, 0.05) is 17.7 Å². The molecule has 0 aliphatic heterocycles. The molecule has 1 unspecified atom stereocenters. The quantitative estimate of drug-likeness (QED) is 0.735. The fourth-order valence-electron chi connectivity index (χ4n) is 3.59. The molecule has 1 atom stereocenters. The van der Waals surface area contributed by atoms with Gasteiger partial charge in [0.1, 0.15) is 17.3 Å². The third kappa shape index (κ3) is 2.90. The number of nitrogens with one attached hydrogen (secondary N) is 1. The Balaban J connectivity index is 1.75. The number of anilines is 1. The number of nitrogens with zero attached hydrogens (tertiary/aromatic N) is 1. The van der Waals surface area contributed by atoms with Gasteiger partial charge in [-0.2, -0.15) is 0 Å². The van der Waals surface area contributed by atoms with E-state index in [0.29, 0.717) is 0 Å². The van der Waals surface area contributed by atoms with E-state index in [1.54, 1.807) is 14.2 Å². The number of fused-ring (bicyclic) bond motifs is 3. The number of rotatable bonds is 4. The molecule has 1 N–H and O–H groups in total. The second kappa shape index (κ2) is 6.75. The molecular formula is C21H22N2O3. The summed E-state index contributed by atoms with van der Waals surface area (Å²) in [5.74, 6) is 2.65. The van der Waals surface area contributed by atoms with E-state index in [2.05, 4.69) is 22.6 Å². The van der Waals surface area contributed by atoms with E-state index in [0.717, 1.165) is 52.6 Å². The predicted octanol–water partition coefficient (Wildman–Crippen LogP) is 4.77. The van der Waals surface area contributed by atoms with Gasteiger partial charge >= 0.3 is 0 Å². The Hall–Kier alpha value is -2.95. The van der Waals surface area contributed by atoms with Gasteiger partial charge in [0.2, 0.25) is 0 Å². The molecule has 1 aliphatic carbocycles. The van der Waals surface area contributed by atoms with Crippen molar-refractivity contribution < 1.29 is 14.0 Å². The molecule has 0 spiro atoms. The Bertz CT molecular complexity index is 916. The summed E-state index contributed by atoms with van der Waals surface area (Å²) in [4.78, 5) is 0. The molecule has 0 radical (unpaired) electrons. The van der Waals surface area contributed by atoms with Crippen molar-refractivity contribution in [1.29, 1.82) is 0 Å². The normalized spacial score (nSPS) is 15.6. The molecule has 4 rings (SSSR count). The average Bonchev–Trinajstić information content (AvgIpc) is 2.97. The monoisotopic (exact) mass is 350 g/mol. The lowest BCUT2D eigenvalue weighted by molar-refractivity contribution is 0.375. The minimum absolute atomic E-state index is 0.149. The first-order valence-corrected chi connectivity index (χ1v) is 8.73. The molecule has 134 valence electrons. The summed E-state index contributed by atoms with van der Waals surface area (Å²) in [5.41, 5.74) is 5.45. The van der Waals surface area contributed by atoms with Gasteiger partial charge in [-0.25, -0.2) is 0 Å². The first kappa shape index (κ1) is 16.5. The Labute approximate surface area is 152 Å². The molecule has 0 saturated carbocycles. The molecule has 1 aliphatic rings. The minimum atomic E-state index is 0.149. The van der Waals surface area contributed by atoms with Gasteiger partial charge in [-0.15, -0.1) is 0 Å². The summed E-state index contributed by atoms with van der Waals surface area (Å²) >= 11 is 0. The van der Waals surface area contributed by atoms with Crippen molar-refractivity contribution in [2.24, 2.45) is 0 Å². The Kier molecular flexibility index (Phi) is 4.29. The molecule has 3 aromatic rings. The van der Waals surface area contributed by atoms with Crippen molar-refractivity contribution >= 4 is 5.69 Å². The first-order chi connectivity index (χ1) is 12.7. The van der Waals surface area contributed by atoms with Crippen LogP contribution < -0.4 is 14.8 Å². The van der Waals surface area contributed by atoms with Crippen molar-refractivity contribution in [3.8, 4) is 22.6 Å². The molecule has 5 nitrogen and oxygen atoms in total. The maximum Gasteiger partial charge on any atom is 0.144 e. The summed E-state index contributed by atoms with van der Waals surface area (Å²) in [6, 6.07) is 14.3. The van der Waals surface area contributed by atoms with Crippen molar-refractivity contribution in [3.63, 3.8) is 0 Å². The summed E-state index contributed by atoms with van der Waals surface area (Å²) in [7, 11) is 3.37. The van der Waals surface area contributed by atoms with Crippen LogP contribution in [-0.4, -0.2) is 19.4 Å². The second-order valence-electron chi connectivity index (χ2n) is 6.48. The van der Waals surface area contributed by atoms with Crippen LogP contribution in [0.2, 0.25) is 0 Å². The molecule has 0 saturated heterocycles. The summed E-state index contributed by atoms with van der Waals surface area (Å²) in [6.45, 7) is 1.99. The predicted molar refractivity (Wildman–Crippen MR) is 101 cm³/mol. The van der Waals surface area contributed by atoms with Crippen molar-refractivity contribution in [2.45, 2.75) is 25.8 Å². The van der Waals surface area contributed by atoms with Gasteiger partial charge in [-0.3, -0.25) is 0 Å². The standard InChI is InChI=1S/C21H22N2O3/c1-13-21-17-9-8-16(25-3)12-18(17)19(10-11-20(21)26-23-13)22-14-4-6-15(24-2)7-5-14/h4-9,12,19,22H,10-11H2,1-3H3. The number of hydrogen-bond acceptors (Lipinski definition) is 5. The maximum atomic E-state index is 5.58. The van der Waals surface area contributed by atoms with Crippen LogP contribution in [0.4, 0.5) is 5.69 Å². The van der Waals surface area contributed by atoms with E-state index < -0.39 is 0 Å². The molecule has 1 aromatic heterocycles. The highest BCUT2D eigenvalue weighted by molar-refractivity contribution is 5.74. The highest BCUT2D eigenvalue weighted by Crippen LogP contribution is 2.41. The summed E-state index contributed by atoms with van der Waals surface area (Å²) in [5, 5.41) is 7.82. The summed E-state index contributed by atoms with van der Waals surface area (Å²) in [6.07, 6.45) is 1.74. The lowest BCUT2D eigenvalue weighted by Crippen LogP contribution is -2.11. The molecule has 0 fully saturated rings. The highest BCUT2D eigenvalue weighted by Gasteiger charge is 2.27. The fourth-order valence-corrected chi connectivity index (χ4v) is 3.59. The first-order valence-electron chi connectivity index (χ1n) is 8.73. The van der Waals surface area contributed by atoms with Gasteiger partial charge in [0.05, 0.1) is 26.0 Å². The Morgan fingerprint density at radius 1 is 1.04 bits per heavy atom. The second-order valence-corrected chi connectivity index (χ2v) is 6.48.